The molecule has 0 saturated carbocycles. The van der Waals surface area contributed by atoms with E-state index in [0.717, 1.165) is 0 Å². The van der Waals surface area contributed by atoms with Gasteiger partial charge in [-0.1, -0.05) is 12.2 Å². The minimum Gasteiger partial charge on any atom is -0.481 e. The van der Waals surface area contributed by atoms with Crippen molar-refractivity contribution in [2.24, 2.45) is 5.92 Å². The molecule has 0 aromatic heterocycles. The van der Waals surface area contributed by atoms with E-state index in [-0.39, 0.29) is 54.9 Å². The second-order valence-corrected chi connectivity index (χ2v) is 6.01. The molecule has 0 radical (unpaired) electrons. The zero-order chi connectivity index (χ0) is 19.9. The van der Waals surface area contributed by atoms with Crippen LogP contribution in [-0.4, -0.2) is 55.0 Å². The summed E-state index contributed by atoms with van der Waals surface area (Å²) in [6.07, 6.45) is 5.52. The van der Waals surface area contributed by atoms with E-state index < -0.39 is 33.9 Å². The van der Waals surface area contributed by atoms with E-state index in [1.165, 1.54) is 24.3 Å². The Hall–Kier alpha value is -1.20. The van der Waals surface area contributed by atoms with Gasteiger partial charge >= 0.3 is 47.5 Å². The van der Waals surface area contributed by atoms with Crippen molar-refractivity contribution >= 4 is 28.0 Å². The summed E-state index contributed by atoms with van der Waals surface area (Å²) in [4.78, 5) is 32.8. The average Bonchev–Trinajstić information content (AvgIpc) is 2.46. The molecule has 0 amide bonds. The van der Waals surface area contributed by atoms with Gasteiger partial charge in [-0.25, -0.2) is 9.59 Å². The molecule has 2 N–H and O–H groups in total. The third-order valence-corrected chi connectivity index (χ3v) is 3.02. The van der Waals surface area contributed by atoms with Gasteiger partial charge in [0.15, 0.2) is 0 Å². The van der Waals surface area contributed by atoms with Crippen molar-refractivity contribution < 1.29 is 71.5 Å². The van der Waals surface area contributed by atoms with Crippen LogP contribution in [0.1, 0.15) is 20.3 Å². The Labute approximate surface area is 175 Å². The predicted octanol–water partition coefficient (Wildman–Crippen LogP) is -1.97. The largest absolute Gasteiger partial charge is 1.00 e. The Morgan fingerprint density at radius 3 is 1.62 bits per heavy atom. The van der Waals surface area contributed by atoms with Crippen molar-refractivity contribution in [2.75, 3.05) is 19.0 Å². The standard InChI is InChI=1S/C12H16O6.C3H7O3S.Na/c1-3-5-10(13)17-7-9(12(15)16)8-18-11(14)6-4-2;1-2-3-7(4,5)6;/h3-6,9H,7-8H2,1-2H3,(H,15,16);1-3H2,(H,4,5,6);/q;-1;+1. The maximum absolute atomic E-state index is 11.0. The van der Waals surface area contributed by atoms with E-state index in [1.54, 1.807) is 13.8 Å². The quantitative estimate of drug-likeness (QED) is 0.147. The number of hydrogen-bond acceptors (Lipinski definition) is 7. The van der Waals surface area contributed by atoms with Crippen LogP contribution in [0.25, 0.3) is 0 Å². The summed E-state index contributed by atoms with van der Waals surface area (Å²) in [7, 11) is -3.74. The van der Waals surface area contributed by atoms with Crippen molar-refractivity contribution in [1.82, 2.24) is 0 Å². The van der Waals surface area contributed by atoms with E-state index in [2.05, 4.69) is 16.4 Å². The zero-order valence-corrected chi connectivity index (χ0v) is 17.9. The van der Waals surface area contributed by atoms with Gasteiger partial charge in [-0.15, -0.1) is 0 Å². The Morgan fingerprint density at radius 2 is 1.42 bits per heavy atom. The normalized spacial score (nSPS) is 11.8. The summed E-state index contributed by atoms with van der Waals surface area (Å²) >= 11 is 0. The number of aliphatic carboxylic acids is 1. The van der Waals surface area contributed by atoms with Crippen LogP contribution in [0.15, 0.2) is 24.3 Å². The van der Waals surface area contributed by atoms with Gasteiger partial charge < -0.3 is 21.5 Å². The van der Waals surface area contributed by atoms with Gasteiger partial charge in [0, 0.05) is 17.9 Å². The predicted molar refractivity (Wildman–Crippen MR) is 89.1 cm³/mol. The molecule has 0 rings (SSSR count). The van der Waals surface area contributed by atoms with E-state index in [1.807, 2.05) is 0 Å². The van der Waals surface area contributed by atoms with Crippen molar-refractivity contribution in [3.63, 3.8) is 0 Å². The number of carboxylic acid groups (broad SMARTS) is 1. The topological polar surface area (TPSA) is 144 Å². The first kappa shape index (κ1) is 29.6. The molecular weight excluding hydrogens is 379 g/mol. The molecule has 0 heterocycles. The first-order chi connectivity index (χ1) is 11.6. The van der Waals surface area contributed by atoms with Crippen LogP contribution < -0.4 is 29.6 Å². The summed E-state index contributed by atoms with van der Waals surface area (Å²) in [5, 5.41) is 8.84. The molecule has 0 fully saturated rings. The molecule has 0 aliphatic carbocycles. The smallest absolute Gasteiger partial charge is 0.481 e. The van der Waals surface area contributed by atoms with Crippen molar-refractivity contribution in [2.45, 2.75) is 20.3 Å². The molecule has 0 unspecified atom stereocenters. The summed E-state index contributed by atoms with van der Waals surface area (Å²) in [5.41, 5.74) is 0. The molecule has 9 nitrogen and oxygen atoms in total. The second-order valence-electron chi connectivity index (χ2n) is 4.43. The number of ether oxygens (including phenoxy) is 2. The summed E-state index contributed by atoms with van der Waals surface area (Å²) in [5.74, 6) is -3.79. The fourth-order valence-electron chi connectivity index (χ4n) is 1.11. The number of allylic oxidation sites excluding steroid dienone is 2. The maximum atomic E-state index is 11.0. The van der Waals surface area contributed by atoms with Crippen LogP contribution >= 0.6 is 0 Å². The van der Waals surface area contributed by atoms with E-state index in [4.69, 9.17) is 9.66 Å². The molecule has 26 heavy (non-hydrogen) atoms. The summed E-state index contributed by atoms with van der Waals surface area (Å²) < 4.78 is 36.8. The number of hydrogen-bond donors (Lipinski definition) is 2. The molecule has 144 valence electrons. The fourth-order valence-corrected chi connectivity index (χ4v) is 1.47. The van der Waals surface area contributed by atoms with Gasteiger partial charge in [0.1, 0.15) is 19.1 Å². The summed E-state index contributed by atoms with van der Waals surface area (Å²) in [6.45, 7) is 5.81. The van der Waals surface area contributed by atoms with Crippen LogP contribution in [0.3, 0.4) is 0 Å². The Bertz CT molecular complexity index is 554. The summed E-state index contributed by atoms with van der Waals surface area (Å²) in [6, 6.07) is 0. The third kappa shape index (κ3) is 20.8. The van der Waals surface area contributed by atoms with Crippen molar-refractivity contribution in [3.05, 3.63) is 31.2 Å². The van der Waals surface area contributed by atoms with Gasteiger partial charge in [-0.05, 0) is 13.8 Å². The molecule has 0 saturated heterocycles. The van der Waals surface area contributed by atoms with Crippen molar-refractivity contribution in [3.8, 4) is 0 Å². The van der Waals surface area contributed by atoms with Crippen LogP contribution in [0, 0.1) is 12.8 Å². The van der Waals surface area contributed by atoms with Crippen molar-refractivity contribution in [1.29, 1.82) is 0 Å². The molecule has 0 spiro atoms. The molecule has 0 aromatic rings. The van der Waals surface area contributed by atoms with Crippen LogP contribution in [0.4, 0.5) is 0 Å². The molecule has 11 heteroatoms. The Balaban J connectivity index is -0.000000561. The number of carbonyl (C=O) groups is 3. The maximum Gasteiger partial charge on any atom is 1.00 e. The van der Waals surface area contributed by atoms with Crippen LogP contribution in [-0.2, 0) is 34.0 Å². The molecular formula is C15H23NaO9S. The van der Waals surface area contributed by atoms with Crippen LogP contribution in [0.5, 0.6) is 0 Å². The zero-order valence-electron chi connectivity index (χ0n) is 15.1. The third-order valence-electron chi connectivity index (χ3n) is 2.21. The minimum atomic E-state index is -3.74. The number of carboxylic acids is 1. The Morgan fingerprint density at radius 1 is 1.04 bits per heavy atom. The number of esters is 2. The first-order valence-corrected chi connectivity index (χ1v) is 8.74. The van der Waals surface area contributed by atoms with Crippen LogP contribution in [0.2, 0.25) is 0 Å². The monoisotopic (exact) mass is 402 g/mol. The Kier molecular flexibility index (Phi) is 19.6. The molecule has 0 aliphatic heterocycles. The molecule has 0 bridgehead atoms. The van der Waals surface area contributed by atoms with Gasteiger partial charge in [-0.3, -0.25) is 9.35 Å². The van der Waals surface area contributed by atoms with E-state index in [9.17, 15) is 22.8 Å². The van der Waals surface area contributed by atoms with E-state index >= 15 is 0 Å². The molecule has 0 aliphatic rings. The van der Waals surface area contributed by atoms with Gasteiger partial charge in [0.2, 0.25) is 0 Å². The average molecular weight is 402 g/mol. The van der Waals surface area contributed by atoms with E-state index in [0.29, 0.717) is 0 Å². The molecule has 0 aromatic carbocycles. The number of carbonyl (C=O) groups excluding carboxylic acids is 2. The van der Waals surface area contributed by atoms with Gasteiger partial charge in [0.25, 0.3) is 10.1 Å². The second kappa shape index (κ2) is 17.2. The van der Waals surface area contributed by atoms with Gasteiger partial charge in [0.05, 0.1) is 0 Å². The fraction of sp³-hybridized carbons (Fsp3) is 0.467. The minimum absolute atomic E-state index is 0. The SMILES string of the molecule is CC=CC(=O)OCC(COC(=O)C=CC)C(=O)O.[CH2-]CCS(=O)(=O)O.[Na+]. The van der Waals surface area contributed by atoms with Gasteiger partial charge in [-0.2, -0.15) is 14.8 Å². The first-order valence-electron chi connectivity index (χ1n) is 7.13. The molecule has 0 atom stereocenters. The number of rotatable bonds is 9.